The molecule has 0 saturated heterocycles. The standard InChI is InChI=1S/C18H20O3/c1-13(19)15-3-5-17(6-4-15)20-10-8-14-2-7-18-16(12-14)9-11-21-18/h2-7,12-13,19H,8-11H2,1H3. The normalized spacial score (nSPS) is 14.4. The van der Waals surface area contributed by atoms with Crippen LogP contribution < -0.4 is 9.47 Å². The van der Waals surface area contributed by atoms with E-state index in [1.807, 2.05) is 24.3 Å². The van der Waals surface area contributed by atoms with Crippen molar-refractivity contribution in [2.75, 3.05) is 13.2 Å². The van der Waals surface area contributed by atoms with Crippen LogP contribution in [0.1, 0.15) is 29.7 Å². The molecule has 0 amide bonds. The molecule has 3 nitrogen and oxygen atoms in total. The molecule has 0 fully saturated rings. The molecule has 0 saturated carbocycles. The molecule has 1 aliphatic rings. The maximum atomic E-state index is 9.47. The Morgan fingerprint density at radius 2 is 2.00 bits per heavy atom. The van der Waals surface area contributed by atoms with Crippen LogP contribution in [0.3, 0.4) is 0 Å². The summed E-state index contributed by atoms with van der Waals surface area (Å²) in [5.41, 5.74) is 3.48. The molecule has 21 heavy (non-hydrogen) atoms. The Balaban J connectivity index is 1.54. The summed E-state index contributed by atoms with van der Waals surface area (Å²) < 4.78 is 11.3. The summed E-state index contributed by atoms with van der Waals surface area (Å²) in [6.45, 7) is 3.20. The van der Waals surface area contributed by atoms with Crippen molar-refractivity contribution in [1.29, 1.82) is 0 Å². The minimum atomic E-state index is -0.437. The zero-order chi connectivity index (χ0) is 14.7. The molecule has 1 unspecified atom stereocenters. The van der Waals surface area contributed by atoms with E-state index in [1.54, 1.807) is 6.92 Å². The second-order valence-electron chi connectivity index (χ2n) is 5.38. The van der Waals surface area contributed by atoms with Gasteiger partial charge in [0, 0.05) is 12.8 Å². The van der Waals surface area contributed by atoms with Crippen molar-refractivity contribution in [3.05, 3.63) is 59.2 Å². The number of hydrogen-bond acceptors (Lipinski definition) is 3. The Morgan fingerprint density at radius 1 is 1.19 bits per heavy atom. The highest BCUT2D eigenvalue weighted by atomic mass is 16.5. The number of ether oxygens (including phenoxy) is 2. The number of rotatable bonds is 5. The fraction of sp³-hybridized carbons (Fsp3) is 0.333. The molecule has 0 radical (unpaired) electrons. The smallest absolute Gasteiger partial charge is 0.122 e. The van der Waals surface area contributed by atoms with E-state index >= 15 is 0 Å². The van der Waals surface area contributed by atoms with Crippen molar-refractivity contribution in [2.24, 2.45) is 0 Å². The van der Waals surface area contributed by atoms with Gasteiger partial charge < -0.3 is 14.6 Å². The van der Waals surface area contributed by atoms with Crippen LogP contribution in [-0.4, -0.2) is 18.3 Å². The summed E-state index contributed by atoms with van der Waals surface area (Å²) in [5, 5.41) is 9.47. The molecular formula is C18H20O3. The SMILES string of the molecule is CC(O)c1ccc(OCCc2ccc3c(c2)CCO3)cc1. The molecular weight excluding hydrogens is 264 g/mol. The van der Waals surface area contributed by atoms with E-state index in [1.165, 1.54) is 11.1 Å². The van der Waals surface area contributed by atoms with E-state index in [-0.39, 0.29) is 0 Å². The Bertz CT molecular complexity index is 602. The third-order valence-electron chi connectivity index (χ3n) is 3.78. The summed E-state index contributed by atoms with van der Waals surface area (Å²) in [7, 11) is 0. The maximum Gasteiger partial charge on any atom is 0.122 e. The molecule has 1 aliphatic heterocycles. The Morgan fingerprint density at radius 3 is 2.76 bits per heavy atom. The lowest BCUT2D eigenvalue weighted by molar-refractivity contribution is 0.199. The molecule has 0 aliphatic carbocycles. The molecule has 3 heteroatoms. The van der Waals surface area contributed by atoms with Crippen LogP contribution in [0.5, 0.6) is 11.5 Å². The van der Waals surface area contributed by atoms with Gasteiger partial charge in [0.15, 0.2) is 0 Å². The highest BCUT2D eigenvalue weighted by Crippen LogP contribution is 2.26. The van der Waals surface area contributed by atoms with E-state index in [4.69, 9.17) is 9.47 Å². The molecule has 110 valence electrons. The third-order valence-corrected chi connectivity index (χ3v) is 3.78. The van der Waals surface area contributed by atoms with Gasteiger partial charge in [0.25, 0.3) is 0 Å². The molecule has 1 heterocycles. The van der Waals surface area contributed by atoms with Gasteiger partial charge in [-0.1, -0.05) is 24.3 Å². The van der Waals surface area contributed by atoms with Crippen LogP contribution in [0.2, 0.25) is 0 Å². The zero-order valence-corrected chi connectivity index (χ0v) is 12.2. The summed E-state index contributed by atoms with van der Waals surface area (Å²) in [5.74, 6) is 1.86. The van der Waals surface area contributed by atoms with Crippen LogP contribution in [-0.2, 0) is 12.8 Å². The lowest BCUT2D eigenvalue weighted by Crippen LogP contribution is -2.02. The Kier molecular flexibility index (Phi) is 4.11. The Hall–Kier alpha value is -2.00. The highest BCUT2D eigenvalue weighted by molar-refractivity contribution is 5.39. The lowest BCUT2D eigenvalue weighted by atomic mass is 10.1. The van der Waals surface area contributed by atoms with E-state index in [2.05, 4.69) is 18.2 Å². The van der Waals surface area contributed by atoms with E-state index < -0.39 is 6.10 Å². The summed E-state index contributed by atoms with van der Waals surface area (Å²) in [4.78, 5) is 0. The van der Waals surface area contributed by atoms with Crippen molar-refractivity contribution in [1.82, 2.24) is 0 Å². The summed E-state index contributed by atoms with van der Waals surface area (Å²) >= 11 is 0. The minimum Gasteiger partial charge on any atom is -0.493 e. The quantitative estimate of drug-likeness (QED) is 0.915. The van der Waals surface area contributed by atoms with Crippen molar-refractivity contribution in [3.63, 3.8) is 0 Å². The zero-order valence-electron chi connectivity index (χ0n) is 12.2. The average Bonchev–Trinajstić information content (AvgIpc) is 2.95. The predicted molar refractivity (Wildman–Crippen MR) is 81.9 cm³/mol. The van der Waals surface area contributed by atoms with Crippen molar-refractivity contribution in [2.45, 2.75) is 25.9 Å². The first-order valence-corrected chi connectivity index (χ1v) is 7.38. The second kappa shape index (κ2) is 6.19. The molecule has 0 bridgehead atoms. The first kappa shape index (κ1) is 14.0. The van der Waals surface area contributed by atoms with Crippen molar-refractivity contribution < 1.29 is 14.6 Å². The maximum absolute atomic E-state index is 9.47. The number of aliphatic hydroxyl groups is 1. The van der Waals surface area contributed by atoms with E-state index in [9.17, 15) is 5.11 Å². The van der Waals surface area contributed by atoms with Gasteiger partial charge in [0.05, 0.1) is 19.3 Å². The monoisotopic (exact) mass is 284 g/mol. The predicted octanol–water partition coefficient (Wildman–Crippen LogP) is 3.30. The van der Waals surface area contributed by atoms with Crippen LogP contribution in [0.25, 0.3) is 0 Å². The number of benzene rings is 2. The van der Waals surface area contributed by atoms with Gasteiger partial charge in [0.1, 0.15) is 11.5 Å². The third kappa shape index (κ3) is 3.37. The van der Waals surface area contributed by atoms with Crippen LogP contribution in [0.4, 0.5) is 0 Å². The highest BCUT2D eigenvalue weighted by Gasteiger charge is 2.11. The number of fused-ring (bicyclic) bond motifs is 1. The fourth-order valence-corrected chi connectivity index (χ4v) is 2.52. The van der Waals surface area contributed by atoms with Gasteiger partial charge in [-0.3, -0.25) is 0 Å². The molecule has 1 atom stereocenters. The van der Waals surface area contributed by atoms with Crippen LogP contribution in [0, 0.1) is 0 Å². The molecule has 1 N–H and O–H groups in total. The van der Waals surface area contributed by atoms with Crippen molar-refractivity contribution >= 4 is 0 Å². The Labute approximate surface area is 125 Å². The first-order chi connectivity index (χ1) is 10.2. The van der Waals surface area contributed by atoms with Crippen molar-refractivity contribution in [3.8, 4) is 11.5 Å². The van der Waals surface area contributed by atoms with E-state index in [0.29, 0.717) is 6.61 Å². The lowest BCUT2D eigenvalue weighted by Gasteiger charge is -2.09. The minimum absolute atomic E-state index is 0.437. The average molecular weight is 284 g/mol. The molecule has 2 aromatic rings. The number of hydrogen-bond donors (Lipinski definition) is 1. The van der Waals surface area contributed by atoms with E-state index in [0.717, 1.165) is 36.5 Å². The molecule has 2 aromatic carbocycles. The van der Waals surface area contributed by atoms with Crippen LogP contribution in [0.15, 0.2) is 42.5 Å². The molecule has 0 spiro atoms. The summed E-state index contributed by atoms with van der Waals surface area (Å²) in [6.07, 6.45) is 1.45. The largest absolute Gasteiger partial charge is 0.493 e. The van der Waals surface area contributed by atoms with Gasteiger partial charge in [-0.05, 0) is 41.8 Å². The van der Waals surface area contributed by atoms with Gasteiger partial charge >= 0.3 is 0 Å². The fourth-order valence-electron chi connectivity index (χ4n) is 2.52. The summed E-state index contributed by atoms with van der Waals surface area (Å²) in [6, 6.07) is 14.0. The molecule has 3 rings (SSSR count). The first-order valence-electron chi connectivity index (χ1n) is 7.38. The van der Waals surface area contributed by atoms with Gasteiger partial charge in [-0.25, -0.2) is 0 Å². The van der Waals surface area contributed by atoms with Gasteiger partial charge in [0.2, 0.25) is 0 Å². The van der Waals surface area contributed by atoms with Crippen LogP contribution >= 0.6 is 0 Å². The van der Waals surface area contributed by atoms with Gasteiger partial charge in [-0.2, -0.15) is 0 Å². The topological polar surface area (TPSA) is 38.7 Å². The number of aliphatic hydroxyl groups excluding tert-OH is 1. The second-order valence-corrected chi connectivity index (χ2v) is 5.38. The molecule has 0 aromatic heterocycles. The van der Waals surface area contributed by atoms with Gasteiger partial charge in [-0.15, -0.1) is 0 Å².